The van der Waals surface area contributed by atoms with Gasteiger partial charge in [-0.3, -0.25) is 4.79 Å². The van der Waals surface area contributed by atoms with Gasteiger partial charge in [0.2, 0.25) is 0 Å². The van der Waals surface area contributed by atoms with Crippen molar-refractivity contribution in [2.45, 2.75) is 46.3 Å². The van der Waals surface area contributed by atoms with Crippen molar-refractivity contribution in [1.82, 2.24) is 5.32 Å². The summed E-state index contributed by atoms with van der Waals surface area (Å²) in [5.74, 6) is 0.694. The topological polar surface area (TPSA) is 38.3 Å². The molecule has 1 aromatic carbocycles. The van der Waals surface area contributed by atoms with Crippen molar-refractivity contribution in [3.8, 4) is 5.75 Å². The molecule has 0 heterocycles. The Balaban J connectivity index is 2.66. The summed E-state index contributed by atoms with van der Waals surface area (Å²) in [6.45, 7) is 7.83. The lowest BCUT2D eigenvalue weighted by Gasteiger charge is -2.19. The van der Waals surface area contributed by atoms with E-state index in [2.05, 4.69) is 5.32 Å². The smallest absolute Gasteiger partial charge is 0.261 e. The molecule has 1 aromatic rings. The fourth-order valence-corrected chi connectivity index (χ4v) is 1.55. The van der Waals surface area contributed by atoms with E-state index in [0.717, 1.165) is 11.3 Å². The second kappa shape index (κ2) is 6.28. The van der Waals surface area contributed by atoms with Crippen LogP contribution in [0.25, 0.3) is 0 Å². The van der Waals surface area contributed by atoms with Crippen molar-refractivity contribution < 1.29 is 9.53 Å². The van der Waals surface area contributed by atoms with Crippen LogP contribution in [0.3, 0.4) is 0 Å². The van der Waals surface area contributed by atoms with Gasteiger partial charge in [0.05, 0.1) is 0 Å². The minimum absolute atomic E-state index is 0.0518. The maximum absolute atomic E-state index is 11.8. The van der Waals surface area contributed by atoms with Crippen molar-refractivity contribution in [1.29, 1.82) is 0 Å². The highest BCUT2D eigenvalue weighted by molar-refractivity contribution is 5.81. The van der Waals surface area contributed by atoms with Gasteiger partial charge in [-0.15, -0.1) is 0 Å². The van der Waals surface area contributed by atoms with Crippen LogP contribution >= 0.6 is 0 Å². The van der Waals surface area contributed by atoms with Gasteiger partial charge in [0.15, 0.2) is 6.10 Å². The lowest BCUT2D eigenvalue weighted by Crippen LogP contribution is -2.41. The molecule has 1 unspecified atom stereocenters. The van der Waals surface area contributed by atoms with E-state index >= 15 is 0 Å². The van der Waals surface area contributed by atoms with Gasteiger partial charge in [0.25, 0.3) is 5.91 Å². The normalized spacial score (nSPS) is 12.3. The number of hydrogen-bond acceptors (Lipinski definition) is 2. The summed E-state index contributed by atoms with van der Waals surface area (Å²) in [6.07, 6.45) is 0.242. The average Bonchev–Trinajstić information content (AvgIpc) is 2.24. The maximum atomic E-state index is 11.8. The number of benzene rings is 1. The molecule has 1 amide bonds. The molecule has 0 aliphatic heterocycles. The molecule has 94 valence electrons. The minimum atomic E-state index is -0.417. The highest BCUT2D eigenvalue weighted by Gasteiger charge is 2.18. The predicted molar refractivity (Wildman–Crippen MR) is 69.2 cm³/mol. The van der Waals surface area contributed by atoms with Crippen molar-refractivity contribution in [3.63, 3.8) is 0 Å². The molecule has 0 aliphatic carbocycles. The van der Waals surface area contributed by atoms with Gasteiger partial charge >= 0.3 is 0 Å². The van der Waals surface area contributed by atoms with Crippen LogP contribution in [0, 0.1) is 6.92 Å². The fourth-order valence-electron chi connectivity index (χ4n) is 1.55. The van der Waals surface area contributed by atoms with Crippen LogP contribution in [0.2, 0.25) is 0 Å². The summed E-state index contributed by atoms with van der Waals surface area (Å²) in [5, 5.41) is 2.86. The molecule has 0 aliphatic rings. The molecule has 0 saturated carbocycles. The van der Waals surface area contributed by atoms with E-state index in [9.17, 15) is 4.79 Å². The van der Waals surface area contributed by atoms with Crippen LogP contribution in [0.15, 0.2) is 24.3 Å². The van der Waals surface area contributed by atoms with Crippen LogP contribution in [0.1, 0.15) is 32.8 Å². The Labute approximate surface area is 103 Å². The number of rotatable bonds is 5. The molecule has 0 saturated heterocycles. The highest BCUT2D eigenvalue weighted by atomic mass is 16.5. The third-order valence-electron chi connectivity index (χ3n) is 2.36. The second-order valence-electron chi connectivity index (χ2n) is 4.49. The molecule has 3 nitrogen and oxygen atoms in total. The number of ether oxygens (including phenoxy) is 1. The molecule has 1 N–H and O–H groups in total. The Kier molecular flexibility index (Phi) is 5.01. The van der Waals surface area contributed by atoms with Crippen LogP contribution in [-0.4, -0.2) is 18.1 Å². The first kappa shape index (κ1) is 13.6. The van der Waals surface area contributed by atoms with Gasteiger partial charge in [-0.05, 0) is 44.9 Å². The van der Waals surface area contributed by atoms with Gasteiger partial charge < -0.3 is 10.1 Å². The van der Waals surface area contributed by atoms with E-state index in [-0.39, 0.29) is 11.9 Å². The number of hydrogen-bond donors (Lipinski definition) is 1. The van der Waals surface area contributed by atoms with Crippen LogP contribution in [0.5, 0.6) is 5.75 Å². The van der Waals surface area contributed by atoms with E-state index in [1.54, 1.807) is 0 Å². The van der Waals surface area contributed by atoms with Crippen molar-refractivity contribution in [2.24, 2.45) is 0 Å². The second-order valence-corrected chi connectivity index (χ2v) is 4.49. The van der Waals surface area contributed by atoms with Gasteiger partial charge in [-0.2, -0.15) is 0 Å². The molecule has 1 atom stereocenters. The predicted octanol–water partition coefficient (Wildman–Crippen LogP) is 2.68. The zero-order valence-electron chi connectivity index (χ0n) is 11.0. The summed E-state index contributed by atoms with van der Waals surface area (Å²) in [4.78, 5) is 11.8. The van der Waals surface area contributed by atoms with E-state index in [1.807, 2.05) is 52.0 Å². The van der Waals surface area contributed by atoms with Crippen molar-refractivity contribution in [2.75, 3.05) is 0 Å². The monoisotopic (exact) mass is 235 g/mol. The average molecular weight is 235 g/mol. The summed E-state index contributed by atoms with van der Waals surface area (Å²) in [5.41, 5.74) is 1.13. The molecule has 0 aromatic heterocycles. The highest BCUT2D eigenvalue weighted by Crippen LogP contribution is 2.15. The molecular weight excluding hydrogens is 214 g/mol. The Hall–Kier alpha value is -1.51. The zero-order chi connectivity index (χ0) is 12.8. The van der Waals surface area contributed by atoms with Gasteiger partial charge in [0, 0.05) is 6.04 Å². The maximum Gasteiger partial charge on any atom is 0.261 e. The lowest BCUT2D eigenvalue weighted by molar-refractivity contribution is -0.128. The Morgan fingerprint density at radius 2 is 2.12 bits per heavy atom. The first-order valence-electron chi connectivity index (χ1n) is 6.06. The standard InChI is InChI=1S/C14H21NO2/c1-5-13(14(16)15-10(2)3)17-12-8-6-7-11(4)9-12/h6-10,13H,5H2,1-4H3,(H,15,16). The number of nitrogens with one attached hydrogen (secondary N) is 1. The fraction of sp³-hybridized carbons (Fsp3) is 0.500. The summed E-state index contributed by atoms with van der Waals surface area (Å²) in [6, 6.07) is 7.88. The molecule has 0 radical (unpaired) electrons. The summed E-state index contributed by atoms with van der Waals surface area (Å²) >= 11 is 0. The first-order chi connectivity index (χ1) is 8.02. The number of carbonyl (C=O) groups is 1. The molecular formula is C14H21NO2. The number of aryl methyl sites for hydroxylation is 1. The molecule has 0 spiro atoms. The van der Waals surface area contributed by atoms with Crippen LogP contribution in [-0.2, 0) is 4.79 Å². The third kappa shape index (κ3) is 4.47. The van der Waals surface area contributed by atoms with Crippen LogP contribution < -0.4 is 10.1 Å². The van der Waals surface area contributed by atoms with Crippen molar-refractivity contribution >= 4 is 5.91 Å². The Morgan fingerprint density at radius 3 is 2.65 bits per heavy atom. The van der Waals surface area contributed by atoms with E-state index in [1.165, 1.54) is 0 Å². The minimum Gasteiger partial charge on any atom is -0.481 e. The number of amides is 1. The van der Waals surface area contributed by atoms with E-state index in [4.69, 9.17) is 4.74 Å². The molecule has 17 heavy (non-hydrogen) atoms. The first-order valence-corrected chi connectivity index (χ1v) is 6.06. The van der Waals surface area contributed by atoms with Crippen LogP contribution in [0.4, 0.5) is 0 Å². The molecule has 0 fully saturated rings. The van der Waals surface area contributed by atoms with Gasteiger partial charge in [-0.1, -0.05) is 19.1 Å². The molecule has 3 heteroatoms. The Bertz CT molecular complexity index is 374. The number of carbonyl (C=O) groups excluding carboxylic acids is 1. The molecule has 0 bridgehead atoms. The van der Waals surface area contributed by atoms with Crippen molar-refractivity contribution in [3.05, 3.63) is 29.8 Å². The summed E-state index contributed by atoms with van der Waals surface area (Å²) < 4.78 is 5.70. The van der Waals surface area contributed by atoms with Gasteiger partial charge in [0.1, 0.15) is 5.75 Å². The lowest BCUT2D eigenvalue weighted by atomic mass is 10.2. The largest absolute Gasteiger partial charge is 0.481 e. The Morgan fingerprint density at radius 1 is 1.41 bits per heavy atom. The quantitative estimate of drug-likeness (QED) is 0.852. The SMILES string of the molecule is CCC(Oc1cccc(C)c1)C(=O)NC(C)C. The third-order valence-corrected chi connectivity index (χ3v) is 2.36. The van der Waals surface area contributed by atoms with Gasteiger partial charge in [-0.25, -0.2) is 0 Å². The summed E-state index contributed by atoms with van der Waals surface area (Å²) in [7, 11) is 0. The van der Waals surface area contributed by atoms with E-state index < -0.39 is 6.10 Å². The van der Waals surface area contributed by atoms with E-state index in [0.29, 0.717) is 6.42 Å². The molecule has 1 rings (SSSR count). The zero-order valence-corrected chi connectivity index (χ0v) is 11.0.